The van der Waals surface area contributed by atoms with Gasteiger partial charge in [0.1, 0.15) is 5.82 Å². The van der Waals surface area contributed by atoms with Crippen LogP contribution in [0.15, 0.2) is 18.2 Å². The molecule has 88 valence electrons. The van der Waals surface area contributed by atoms with Crippen molar-refractivity contribution >= 4 is 17.5 Å². The van der Waals surface area contributed by atoms with Crippen molar-refractivity contribution in [1.29, 1.82) is 0 Å². The Morgan fingerprint density at radius 3 is 2.88 bits per heavy atom. The fourth-order valence-corrected chi connectivity index (χ4v) is 1.24. The number of tetrazole rings is 1. The van der Waals surface area contributed by atoms with Gasteiger partial charge in [-0.3, -0.25) is 10.1 Å². The molecule has 1 aromatic heterocycles. The smallest absolute Gasteiger partial charge is 0.270 e. The van der Waals surface area contributed by atoms with Crippen molar-refractivity contribution in [3.8, 4) is 0 Å². The Labute approximate surface area is 95.4 Å². The van der Waals surface area contributed by atoms with E-state index >= 15 is 0 Å². The molecule has 1 amide bonds. The molecule has 0 atom stereocenters. The maximum absolute atomic E-state index is 12.8. The van der Waals surface area contributed by atoms with Crippen LogP contribution in [0.3, 0.4) is 0 Å². The van der Waals surface area contributed by atoms with E-state index in [-0.39, 0.29) is 17.2 Å². The lowest BCUT2D eigenvalue weighted by atomic mass is 10.1. The molecule has 17 heavy (non-hydrogen) atoms. The van der Waals surface area contributed by atoms with Crippen LogP contribution in [0.25, 0.3) is 0 Å². The summed E-state index contributed by atoms with van der Waals surface area (Å²) in [6, 6.07) is 3.50. The monoisotopic (exact) mass is 236 g/mol. The molecule has 0 bridgehead atoms. The minimum Gasteiger partial charge on any atom is -0.398 e. The molecule has 0 aliphatic heterocycles. The highest BCUT2D eigenvalue weighted by atomic mass is 19.1. The predicted molar refractivity (Wildman–Crippen MR) is 57.6 cm³/mol. The minimum atomic E-state index is -0.518. The van der Waals surface area contributed by atoms with Gasteiger partial charge >= 0.3 is 0 Å². The van der Waals surface area contributed by atoms with Crippen molar-refractivity contribution in [1.82, 2.24) is 20.2 Å². The fraction of sp³-hybridized carbons (Fsp3) is 0.111. The number of hydrogen-bond donors (Lipinski definition) is 2. The van der Waals surface area contributed by atoms with Crippen molar-refractivity contribution in [2.45, 2.75) is 0 Å². The second-order valence-corrected chi connectivity index (χ2v) is 3.29. The van der Waals surface area contributed by atoms with Gasteiger partial charge in [-0.25, -0.2) is 4.39 Å². The van der Waals surface area contributed by atoms with Gasteiger partial charge in [0.25, 0.3) is 11.9 Å². The third-order valence-electron chi connectivity index (χ3n) is 1.99. The maximum Gasteiger partial charge on any atom is 0.270 e. The molecular formula is C9H9FN6O. The van der Waals surface area contributed by atoms with Gasteiger partial charge in [-0.15, -0.1) is 5.10 Å². The van der Waals surface area contributed by atoms with E-state index in [9.17, 15) is 9.18 Å². The van der Waals surface area contributed by atoms with Crippen LogP contribution >= 0.6 is 0 Å². The zero-order chi connectivity index (χ0) is 12.4. The van der Waals surface area contributed by atoms with Crippen molar-refractivity contribution in [2.75, 3.05) is 11.1 Å². The molecule has 2 rings (SSSR count). The van der Waals surface area contributed by atoms with Gasteiger partial charge in [-0.2, -0.15) is 4.80 Å². The number of carbonyl (C=O) groups excluding carboxylic acids is 1. The molecule has 0 fully saturated rings. The number of aromatic nitrogens is 4. The van der Waals surface area contributed by atoms with Crippen LogP contribution in [0, 0.1) is 5.82 Å². The van der Waals surface area contributed by atoms with E-state index in [1.54, 1.807) is 7.05 Å². The standard InChI is InChI=1S/C9H9FN6O/c1-16-14-9(13-15-16)12-8(17)6-3-2-5(10)4-7(6)11/h2-4H,11H2,1H3,(H,12,14,17). The quantitative estimate of drug-likeness (QED) is 0.725. The molecule has 8 heteroatoms. The average molecular weight is 236 g/mol. The summed E-state index contributed by atoms with van der Waals surface area (Å²) in [5.74, 6) is -0.964. The number of nitrogen functional groups attached to an aromatic ring is 1. The predicted octanol–water partition coefficient (Wildman–Crippen LogP) is 0.184. The molecule has 0 unspecified atom stereocenters. The number of halogens is 1. The largest absolute Gasteiger partial charge is 0.398 e. The Hall–Kier alpha value is -2.51. The van der Waals surface area contributed by atoms with Crippen LogP contribution in [-0.2, 0) is 7.05 Å². The lowest BCUT2D eigenvalue weighted by Crippen LogP contribution is -2.15. The minimum absolute atomic E-state index is 0.0476. The number of benzene rings is 1. The summed E-state index contributed by atoms with van der Waals surface area (Å²) in [4.78, 5) is 12.9. The van der Waals surface area contributed by atoms with Crippen LogP contribution in [0.5, 0.6) is 0 Å². The molecule has 1 aromatic carbocycles. The number of anilines is 2. The van der Waals surface area contributed by atoms with E-state index in [1.165, 1.54) is 10.9 Å². The van der Waals surface area contributed by atoms with Crippen molar-refractivity contribution < 1.29 is 9.18 Å². The third kappa shape index (κ3) is 2.36. The third-order valence-corrected chi connectivity index (χ3v) is 1.99. The number of rotatable bonds is 2. The zero-order valence-corrected chi connectivity index (χ0v) is 8.88. The molecule has 0 saturated heterocycles. The van der Waals surface area contributed by atoms with Gasteiger partial charge in [0.15, 0.2) is 0 Å². The van der Waals surface area contributed by atoms with Crippen LogP contribution in [0.4, 0.5) is 16.0 Å². The van der Waals surface area contributed by atoms with E-state index in [4.69, 9.17) is 5.73 Å². The summed E-state index contributed by atoms with van der Waals surface area (Å²) < 4.78 is 12.8. The van der Waals surface area contributed by atoms with Gasteiger partial charge in [0, 0.05) is 5.69 Å². The van der Waals surface area contributed by atoms with E-state index in [1.807, 2.05) is 0 Å². The Kier molecular flexibility index (Phi) is 2.69. The fourth-order valence-electron chi connectivity index (χ4n) is 1.24. The molecule has 0 aliphatic rings. The number of nitrogens with one attached hydrogen (secondary N) is 1. The first-order valence-electron chi connectivity index (χ1n) is 4.66. The van der Waals surface area contributed by atoms with Gasteiger partial charge in [0.05, 0.1) is 12.6 Å². The number of aryl methyl sites for hydroxylation is 1. The van der Waals surface area contributed by atoms with Crippen molar-refractivity contribution in [3.05, 3.63) is 29.6 Å². The molecule has 2 aromatic rings. The first kappa shape index (κ1) is 11.0. The number of carbonyl (C=O) groups is 1. The number of nitrogens with zero attached hydrogens (tertiary/aromatic N) is 4. The lowest BCUT2D eigenvalue weighted by Gasteiger charge is -2.04. The second kappa shape index (κ2) is 4.16. The second-order valence-electron chi connectivity index (χ2n) is 3.29. The van der Waals surface area contributed by atoms with E-state index in [2.05, 4.69) is 20.7 Å². The van der Waals surface area contributed by atoms with E-state index in [0.29, 0.717) is 0 Å². The number of nitrogens with two attached hydrogens (primary N) is 1. The Morgan fingerprint density at radius 1 is 1.53 bits per heavy atom. The molecule has 0 radical (unpaired) electrons. The van der Waals surface area contributed by atoms with Crippen LogP contribution in [0.1, 0.15) is 10.4 Å². The summed E-state index contributed by atoms with van der Waals surface area (Å²) in [6.07, 6.45) is 0. The highest BCUT2D eigenvalue weighted by Crippen LogP contribution is 2.14. The Bertz CT molecular complexity index is 566. The van der Waals surface area contributed by atoms with Crippen LogP contribution < -0.4 is 11.1 Å². The lowest BCUT2D eigenvalue weighted by molar-refractivity contribution is 0.102. The summed E-state index contributed by atoms with van der Waals surface area (Å²) >= 11 is 0. The topological polar surface area (TPSA) is 98.7 Å². The van der Waals surface area contributed by atoms with E-state index in [0.717, 1.165) is 12.1 Å². The Balaban J connectivity index is 2.20. The summed E-state index contributed by atoms with van der Waals surface area (Å²) in [6.45, 7) is 0. The SMILES string of the molecule is Cn1nnc(NC(=O)c2ccc(F)cc2N)n1. The molecule has 0 aliphatic carbocycles. The van der Waals surface area contributed by atoms with Gasteiger partial charge < -0.3 is 5.73 Å². The van der Waals surface area contributed by atoms with E-state index < -0.39 is 11.7 Å². The van der Waals surface area contributed by atoms with Crippen LogP contribution in [-0.4, -0.2) is 26.1 Å². The summed E-state index contributed by atoms with van der Waals surface area (Å²) in [5.41, 5.74) is 5.72. The molecule has 7 nitrogen and oxygen atoms in total. The highest BCUT2D eigenvalue weighted by Gasteiger charge is 2.12. The first-order valence-corrected chi connectivity index (χ1v) is 4.66. The Morgan fingerprint density at radius 2 is 2.29 bits per heavy atom. The maximum atomic E-state index is 12.8. The highest BCUT2D eigenvalue weighted by molar-refractivity contribution is 6.06. The normalized spacial score (nSPS) is 10.2. The summed E-state index contributed by atoms with van der Waals surface area (Å²) in [5, 5.41) is 13.3. The number of amides is 1. The zero-order valence-electron chi connectivity index (χ0n) is 8.88. The van der Waals surface area contributed by atoms with Crippen LogP contribution in [0.2, 0.25) is 0 Å². The van der Waals surface area contributed by atoms with Gasteiger partial charge in [-0.05, 0) is 23.4 Å². The molecule has 0 saturated carbocycles. The molecule has 1 heterocycles. The average Bonchev–Trinajstić information content (AvgIpc) is 2.63. The molecular weight excluding hydrogens is 227 g/mol. The summed E-state index contributed by atoms with van der Waals surface area (Å²) in [7, 11) is 1.56. The molecule has 0 spiro atoms. The van der Waals surface area contributed by atoms with Crippen molar-refractivity contribution in [3.63, 3.8) is 0 Å². The van der Waals surface area contributed by atoms with Gasteiger partial charge in [-0.1, -0.05) is 5.10 Å². The number of hydrogen-bond acceptors (Lipinski definition) is 5. The van der Waals surface area contributed by atoms with Crippen molar-refractivity contribution in [2.24, 2.45) is 7.05 Å². The first-order chi connectivity index (χ1) is 8.06. The molecule has 3 N–H and O–H groups in total. The van der Waals surface area contributed by atoms with Gasteiger partial charge in [0.2, 0.25) is 0 Å².